The van der Waals surface area contributed by atoms with E-state index in [0.717, 1.165) is 54.6 Å². The summed E-state index contributed by atoms with van der Waals surface area (Å²) in [6, 6.07) is 18.1. The summed E-state index contributed by atoms with van der Waals surface area (Å²) in [5, 5.41) is 21.6. The topological polar surface area (TPSA) is 82.9 Å². The van der Waals surface area contributed by atoms with Crippen LogP contribution in [-0.2, 0) is 11.2 Å². The molecule has 2 heterocycles. The molecule has 6 nitrogen and oxygen atoms in total. The van der Waals surface area contributed by atoms with Gasteiger partial charge in [-0.1, -0.05) is 36.4 Å². The van der Waals surface area contributed by atoms with E-state index in [0.29, 0.717) is 6.42 Å². The maximum absolute atomic E-state index is 11.7. The van der Waals surface area contributed by atoms with Gasteiger partial charge in [0.05, 0.1) is 18.7 Å². The van der Waals surface area contributed by atoms with Gasteiger partial charge in [0.15, 0.2) is 0 Å². The van der Waals surface area contributed by atoms with Crippen molar-refractivity contribution in [3.63, 3.8) is 0 Å². The molecule has 4 atom stereocenters. The molecule has 0 spiro atoms. The first kappa shape index (κ1) is 25.9. The molecule has 4 rings (SSSR count). The molecule has 2 N–H and O–H groups in total. The monoisotopic (exact) mass is 488 g/mol. The van der Waals surface area contributed by atoms with Gasteiger partial charge in [-0.2, -0.15) is 0 Å². The third-order valence-electron chi connectivity index (χ3n) is 7.54. The largest absolute Gasteiger partial charge is 0.497 e. The second kappa shape index (κ2) is 12.2. The number of carbonyl (C=O) groups is 1. The van der Waals surface area contributed by atoms with Crippen molar-refractivity contribution in [1.29, 1.82) is 0 Å². The highest BCUT2D eigenvalue weighted by atomic mass is 16.5. The number of likely N-dealkylation sites (tertiary alicyclic amines) is 1. The summed E-state index contributed by atoms with van der Waals surface area (Å²) >= 11 is 0. The predicted octanol–water partition coefficient (Wildman–Crippen LogP) is 5.27. The number of ether oxygens (including phenoxy) is 1. The van der Waals surface area contributed by atoms with E-state index in [-0.39, 0.29) is 24.3 Å². The second-order valence-corrected chi connectivity index (χ2v) is 9.77. The molecule has 0 saturated carbocycles. The van der Waals surface area contributed by atoms with Crippen molar-refractivity contribution in [3.8, 4) is 5.75 Å². The van der Waals surface area contributed by atoms with Gasteiger partial charge in [-0.15, -0.1) is 6.58 Å². The van der Waals surface area contributed by atoms with Crippen LogP contribution in [0.1, 0.15) is 42.9 Å². The number of benzene rings is 2. The minimum Gasteiger partial charge on any atom is -0.497 e. The number of hydrogen-bond donors (Lipinski definition) is 2. The van der Waals surface area contributed by atoms with Crippen LogP contribution in [0.25, 0.3) is 10.9 Å². The first-order valence-electron chi connectivity index (χ1n) is 12.7. The third-order valence-corrected chi connectivity index (χ3v) is 7.54. The molecule has 0 aliphatic carbocycles. The highest BCUT2D eigenvalue weighted by Crippen LogP contribution is 2.35. The SMILES string of the molecule is C=C[C@H](Cc1ccccc1)N1CC[C@@H](CC[C@@H](O)c2ccnc3ccc(OC)cc23)[C@@H](CC(=O)O)C1. The Labute approximate surface area is 213 Å². The van der Waals surface area contributed by atoms with Crippen LogP contribution in [-0.4, -0.2) is 52.3 Å². The van der Waals surface area contributed by atoms with Crippen LogP contribution in [0.4, 0.5) is 0 Å². The molecule has 1 aromatic heterocycles. The second-order valence-electron chi connectivity index (χ2n) is 9.77. The van der Waals surface area contributed by atoms with E-state index in [4.69, 9.17) is 4.74 Å². The number of aliphatic carboxylic acids is 1. The fourth-order valence-corrected chi connectivity index (χ4v) is 5.55. The number of piperidine rings is 1. The Bertz CT molecular complexity index is 1170. The summed E-state index contributed by atoms with van der Waals surface area (Å²) in [6.07, 6.45) is 6.33. The molecule has 190 valence electrons. The zero-order valence-corrected chi connectivity index (χ0v) is 20.9. The fourth-order valence-electron chi connectivity index (χ4n) is 5.55. The number of pyridine rings is 1. The standard InChI is InChI=1S/C30H36N2O4/c1-3-24(17-21-7-5-4-6-8-21)32-16-14-22(23(20-32)18-30(34)35)9-12-29(33)26-13-15-31-28-11-10-25(36-2)19-27(26)28/h3-8,10-11,13,15,19,22-24,29,33H,1,9,12,14,16-18,20H2,2H3,(H,34,35)/t22-,23+,24-,29-/m1/s1. The summed E-state index contributed by atoms with van der Waals surface area (Å²) in [7, 11) is 1.62. The van der Waals surface area contributed by atoms with Crippen LogP contribution < -0.4 is 4.74 Å². The lowest BCUT2D eigenvalue weighted by atomic mass is 9.79. The van der Waals surface area contributed by atoms with E-state index >= 15 is 0 Å². The summed E-state index contributed by atoms with van der Waals surface area (Å²) in [4.78, 5) is 18.5. The predicted molar refractivity (Wildman–Crippen MR) is 142 cm³/mol. The van der Waals surface area contributed by atoms with E-state index in [1.165, 1.54) is 5.56 Å². The van der Waals surface area contributed by atoms with Crippen LogP contribution >= 0.6 is 0 Å². The van der Waals surface area contributed by atoms with Gasteiger partial charge in [-0.3, -0.25) is 14.7 Å². The Balaban J connectivity index is 1.43. The van der Waals surface area contributed by atoms with Gasteiger partial charge in [-0.05, 0) is 79.5 Å². The Morgan fingerprint density at radius 1 is 1.22 bits per heavy atom. The molecular formula is C30H36N2O4. The molecule has 36 heavy (non-hydrogen) atoms. The number of aromatic nitrogens is 1. The van der Waals surface area contributed by atoms with Crippen molar-refractivity contribution in [2.24, 2.45) is 11.8 Å². The van der Waals surface area contributed by atoms with E-state index in [1.54, 1.807) is 13.3 Å². The lowest BCUT2D eigenvalue weighted by Crippen LogP contribution is -2.46. The number of carboxylic acids is 1. The van der Waals surface area contributed by atoms with Crippen molar-refractivity contribution < 1.29 is 19.7 Å². The highest BCUT2D eigenvalue weighted by molar-refractivity contribution is 5.83. The van der Waals surface area contributed by atoms with E-state index in [9.17, 15) is 15.0 Å². The summed E-state index contributed by atoms with van der Waals surface area (Å²) in [5.74, 6) is 0.246. The first-order chi connectivity index (χ1) is 17.5. The fraction of sp³-hybridized carbons (Fsp3) is 0.400. The Morgan fingerprint density at radius 3 is 2.75 bits per heavy atom. The molecule has 3 aromatic rings. The van der Waals surface area contributed by atoms with E-state index in [1.807, 2.05) is 48.5 Å². The molecule has 0 radical (unpaired) electrons. The maximum atomic E-state index is 11.7. The van der Waals surface area contributed by atoms with Gasteiger partial charge < -0.3 is 14.9 Å². The average molecular weight is 489 g/mol. The van der Waals surface area contributed by atoms with Crippen LogP contribution in [0.3, 0.4) is 0 Å². The van der Waals surface area contributed by atoms with Crippen molar-refractivity contribution in [2.75, 3.05) is 20.2 Å². The molecule has 6 heteroatoms. The van der Waals surface area contributed by atoms with E-state index < -0.39 is 12.1 Å². The molecule has 0 bridgehead atoms. The number of hydrogen-bond acceptors (Lipinski definition) is 5. The normalized spacial score (nSPS) is 20.1. The number of aliphatic hydroxyl groups is 1. The van der Waals surface area contributed by atoms with Gasteiger partial charge in [0, 0.05) is 30.6 Å². The maximum Gasteiger partial charge on any atom is 0.303 e. The van der Waals surface area contributed by atoms with Crippen LogP contribution in [0.2, 0.25) is 0 Å². The average Bonchev–Trinajstić information content (AvgIpc) is 2.90. The van der Waals surface area contributed by atoms with Crippen LogP contribution in [0.15, 0.2) is 73.4 Å². The number of nitrogens with zero attached hydrogens (tertiary/aromatic N) is 2. The van der Waals surface area contributed by atoms with Crippen molar-refractivity contribution in [1.82, 2.24) is 9.88 Å². The van der Waals surface area contributed by atoms with Crippen molar-refractivity contribution >= 4 is 16.9 Å². The Hall–Kier alpha value is -3.22. The highest BCUT2D eigenvalue weighted by Gasteiger charge is 2.33. The number of carboxylic acid groups (broad SMARTS) is 1. The van der Waals surface area contributed by atoms with Gasteiger partial charge in [0.2, 0.25) is 0 Å². The Morgan fingerprint density at radius 2 is 2.03 bits per heavy atom. The van der Waals surface area contributed by atoms with Crippen LogP contribution in [0.5, 0.6) is 5.75 Å². The minimum absolute atomic E-state index is 0.0379. The quantitative estimate of drug-likeness (QED) is 0.358. The van der Waals surface area contributed by atoms with Crippen LogP contribution in [0, 0.1) is 11.8 Å². The zero-order valence-electron chi connectivity index (χ0n) is 20.9. The molecule has 1 fully saturated rings. The summed E-state index contributed by atoms with van der Waals surface area (Å²) in [6.45, 7) is 5.69. The lowest BCUT2D eigenvalue weighted by molar-refractivity contribution is -0.139. The van der Waals surface area contributed by atoms with Crippen molar-refractivity contribution in [3.05, 3.63) is 84.6 Å². The molecule has 1 aliphatic heterocycles. The van der Waals surface area contributed by atoms with Crippen molar-refractivity contribution in [2.45, 2.75) is 44.2 Å². The number of aliphatic hydroxyl groups excluding tert-OH is 1. The lowest BCUT2D eigenvalue weighted by Gasteiger charge is -2.41. The molecule has 0 amide bonds. The third kappa shape index (κ3) is 6.31. The molecule has 1 saturated heterocycles. The molecular weight excluding hydrogens is 452 g/mol. The summed E-state index contributed by atoms with van der Waals surface area (Å²) in [5.41, 5.74) is 2.91. The van der Waals surface area contributed by atoms with Gasteiger partial charge in [0.1, 0.15) is 5.75 Å². The molecule has 0 unspecified atom stereocenters. The molecule has 1 aliphatic rings. The first-order valence-corrected chi connectivity index (χ1v) is 12.7. The number of fused-ring (bicyclic) bond motifs is 1. The van der Waals surface area contributed by atoms with Gasteiger partial charge in [0.25, 0.3) is 0 Å². The zero-order chi connectivity index (χ0) is 25.5. The Kier molecular flexibility index (Phi) is 8.73. The minimum atomic E-state index is -0.766. The summed E-state index contributed by atoms with van der Waals surface area (Å²) < 4.78 is 5.36. The van der Waals surface area contributed by atoms with E-state index in [2.05, 4.69) is 28.6 Å². The van der Waals surface area contributed by atoms with Gasteiger partial charge in [-0.25, -0.2) is 0 Å². The smallest absolute Gasteiger partial charge is 0.303 e. The number of rotatable bonds is 11. The number of methoxy groups -OCH3 is 1. The molecule has 2 aromatic carbocycles. The van der Waals surface area contributed by atoms with Gasteiger partial charge >= 0.3 is 5.97 Å².